The molecule has 2 aliphatic rings. The van der Waals surface area contributed by atoms with E-state index in [1.54, 1.807) is 54.6 Å². The lowest BCUT2D eigenvalue weighted by Gasteiger charge is -2.37. The van der Waals surface area contributed by atoms with Gasteiger partial charge in [0.05, 0.1) is 0 Å². The van der Waals surface area contributed by atoms with Gasteiger partial charge in [0.25, 0.3) is 17.7 Å². The fourth-order valence-corrected chi connectivity index (χ4v) is 5.25. The van der Waals surface area contributed by atoms with Crippen LogP contribution in [0.2, 0.25) is 5.02 Å². The van der Waals surface area contributed by atoms with Crippen LogP contribution >= 0.6 is 11.6 Å². The molecular formula is C31H31ClFN3O7. The van der Waals surface area contributed by atoms with Crippen molar-refractivity contribution in [1.29, 1.82) is 0 Å². The van der Waals surface area contributed by atoms with Crippen LogP contribution in [0.1, 0.15) is 31.2 Å². The molecule has 43 heavy (non-hydrogen) atoms. The molecule has 226 valence electrons. The summed E-state index contributed by atoms with van der Waals surface area (Å²) in [5.41, 5.74) is -2.76. The monoisotopic (exact) mass is 611 g/mol. The second-order valence-corrected chi connectivity index (χ2v) is 10.7. The summed E-state index contributed by atoms with van der Waals surface area (Å²) in [6.45, 7) is 0.813. The van der Waals surface area contributed by atoms with Crippen molar-refractivity contribution in [1.82, 2.24) is 5.32 Å². The van der Waals surface area contributed by atoms with Crippen LogP contribution in [0.25, 0.3) is 0 Å². The molecule has 3 aromatic rings. The van der Waals surface area contributed by atoms with Gasteiger partial charge in [-0.2, -0.15) is 0 Å². The summed E-state index contributed by atoms with van der Waals surface area (Å²) in [6.07, 6.45) is 0.940. The lowest BCUT2D eigenvalue weighted by atomic mass is 9.90. The van der Waals surface area contributed by atoms with E-state index in [9.17, 15) is 33.8 Å². The van der Waals surface area contributed by atoms with Gasteiger partial charge in [-0.25, -0.2) is 9.18 Å². The molecule has 3 aromatic carbocycles. The summed E-state index contributed by atoms with van der Waals surface area (Å²) in [4.78, 5) is 50.9. The average molecular weight is 612 g/mol. The number of carboxylic acid groups (broad SMARTS) is 1. The number of hydrogen-bond donors (Lipinski definition) is 4. The van der Waals surface area contributed by atoms with Gasteiger partial charge in [-0.1, -0.05) is 48.0 Å². The van der Waals surface area contributed by atoms with Gasteiger partial charge < -0.3 is 30.4 Å². The minimum absolute atomic E-state index is 0.0326. The van der Waals surface area contributed by atoms with Gasteiger partial charge in [-0.05, 0) is 73.7 Å². The number of carbonyl (C=O) groups is 4. The molecule has 10 nitrogen and oxygen atoms in total. The highest BCUT2D eigenvalue weighted by Crippen LogP contribution is 2.29. The Hall–Kier alpha value is -4.32. The quantitative estimate of drug-likeness (QED) is 0.313. The normalized spacial score (nSPS) is 22.0. The number of aliphatic carboxylic acids is 1. The Morgan fingerprint density at radius 2 is 1.30 bits per heavy atom. The second kappa shape index (κ2) is 13.3. The molecule has 0 aliphatic carbocycles. The number of piperidine rings is 2. The minimum atomic E-state index is -2.28. The second-order valence-electron chi connectivity index (χ2n) is 10.3. The van der Waals surface area contributed by atoms with Crippen molar-refractivity contribution in [2.45, 2.75) is 43.4 Å². The van der Waals surface area contributed by atoms with Crippen molar-refractivity contribution in [2.24, 2.45) is 0 Å². The summed E-state index contributed by atoms with van der Waals surface area (Å²) in [6, 6.07) is 21.5. The molecule has 3 amide bonds. The van der Waals surface area contributed by atoms with E-state index in [1.165, 1.54) is 21.9 Å². The maximum absolute atomic E-state index is 13.4. The maximum Gasteiger partial charge on any atom is 0.345 e. The minimum Gasteiger partial charge on any atom is -0.479 e. The number of nitrogens with one attached hydrogen (secondary N) is 1. The van der Waals surface area contributed by atoms with Crippen LogP contribution in [0.3, 0.4) is 0 Å². The summed E-state index contributed by atoms with van der Waals surface area (Å²) >= 11 is 5.79. The van der Waals surface area contributed by atoms with Gasteiger partial charge in [-0.3, -0.25) is 14.4 Å². The van der Waals surface area contributed by atoms with E-state index in [1.807, 2.05) is 6.07 Å². The third-order valence-electron chi connectivity index (χ3n) is 7.28. The van der Waals surface area contributed by atoms with Crippen LogP contribution in [0, 0.1) is 5.82 Å². The van der Waals surface area contributed by atoms with E-state index in [0.717, 1.165) is 6.07 Å². The van der Waals surface area contributed by atoms with E-state index >= 15 is 0 Å². The Morgan fingerprint density at radius 3 is 1.79 bits per heavy atom. The van der Waals surface area contributed by atoms with Crippen molar-refractivity contribution in [3.63, 3.8) is 0 Å². The topological polar surface area (TPSA) is 147 Å². The van der Waals surface area contributed by atoms with Crippen LogP contribution in [-0.2, 0) is 25.7 Å². The lowest BCUT2D eigenvalue weighted by molar-refractivity contribution is -0.167. The van der Waals surface area contributed by atoms with Gasteiger partial charge in [0.1, 0.15) is 5.82 Å². The summed E-state index contributed by atoms with van der Waals surface area (Å²) in [5, 5.41) is 32.2. The molecule has 0 aromatic heterocycles. The Balaban J connectivity index is 0.000000215. The standard InChI is InChI=1S/C19H18ClFN2O3.C12H13NO4/c20-14-9-13(10-15(21)11-14)12-22-17(24)19(26)7-4-8-23(18(19)25)16-5-2-1-3-6-16;14-10-12(17,11(15)16)7-4-8-13(10)9-5-2-1-3-6-9/h1-3,5-6,9-11,26H,4,7-8,12H2,(H,22,24);1-3,5-6,17H,4,7-8H2,(H,15,16). The van der Waals surface area contributed by atoms with Crippen LogP contribution in [-0.4, -0.2) is 63.3 Å². The number of carboxylic acids is 1. The average Bonchev–Trinajstić information content (AvgIpc) is 2.99. The molecule has 2 atom stereocenters. The predicted molar refractivity (Wildman–Crippen MR) is 157 cm³/mol. The van der Waals surface area contributed by atoms with E-state index in [4.69, 9.17) is 16.7 Å². The fraction of sp³-hybridized carbons (Fsp3) is 0.290. The summed E-state index contributed by atoms with van der Waals surface area (Å²) < 4.78 is 13.4. The van der Waals surface area contributed by atoms with Crippen molar-refractivity contribution in [2.75, 3.05) is 22.9 Å². The molecule has 2 aliphatic heterocycles. The van der Waals surface area contributed by atoms with Crippen molar-refractivity contribution in [3.05, 3.63) is 95.3 Å². The molecule has 12 heteroatoms. The molecule has 0 radical (unpaired) electrons. The van der Waals surface area contributed by atoms with Crippen molar-refractivity contribution >= 4 is 46.7 Å². The van der Waals surface area contributed by atoms with Crippen LogP contribution < -0.4 is 15.1 Å². The van der Waals surface area contributed by atoms with Crippen molar-refractivity contribution in [3.8, 4) is 0 Å². The van der Waals surface area contributed by atoms with Crippen LogP contribution in [0.5, 0.6) is 0 Å². The van der Waals surface area contributed by atoms with E-state index in [-0.39, 0.29) is 24.4 Å². The summed E-state index contributed by atoms with van der Waals surface area (Å²) in [5.74, 6) is -4.23. The number of para-hydroxylation sites is 2. The highest BCUT2D eigenvalue weighted by atomic mass is 35.5. The zero-order valence-corrected chi connectivity index (χ0v) is 23.8. The number of aliphatic hydroxyl groups is 2. The van der Waals surface area contributed by atoms with Gasteiger partial charge in [0.2, 0.25) is 11.2 Å². The van der Waals surface area contributed by atoms with E-state index in [0.29, 0.717) is 42.9 Å². The largest absolute Gasteiger partial charge is 0.479 e. The number of amides is 3. The first kappa shape index (κ1) is 31.6. The van der Waals surface area contributed by atoms with Gasteiger partial charge in [-0.15, -0.1) is 0 Å². The van der Waals surface area contributed by atoms with Gasteiger partial charge in [0.15, 0.2) is 0 Å². The zero-order chi connectivity index (χ0) is 31.2. The highest BCUT2D eigenvalue weighted by molar-refractivity contribution is 6.30. The fourth-order valence-electron chi connectivity index (χ4n) is 5.01. The molecule has 5 rings (SSSR count). The number of hydrogen-bond acceptors (Lipinski definition) is 6. The Morgan fingerprint density at radius 1 is 0.814 bits per heavy atom. The van der Waals surface area contributed by atoms with Gasteiger partial charge in [0, 0.05) is 36.0 Å². The first-order chi connectivity index (χ1) is 20.5. The molecule has 0 saturated carbocycles. The number of benzene rings is 3. The predicted octanol–water partition coefficient (Wildman–Crippen LogP) is 3.28. The Bertz CT molecular complexity index is 1470. The molecule has 0 bridgehead atoms. The highest BCUT2D eigenvalue weighted by Gasteiger charge is 2.50. The van der Waals surface area contributed by atoms with Gasteiger partial charge >= 0.3 is 5.97 Å². The maximum atomic E-state index is 13.4. The third-order valence-corrected chi connectivity index (χ3v) is 7.50. The molecule has 2 unspecified atom stereocenters. The molecule has 2 heterocycles. The number of anilines is 2. The SMILES string of the molecule is O=C(NCc1cc(F)cc(Cl)c1)C1(O)CCCN(c2ccccc2)C1=O.O=C(O)C1(O)CCCN(c2ccccc2)C1=O. The summed E-state index contributed by atoms with van der Waals surface area (Å²) in [7, 11) is 0. The molecule has 2 fully saturated rings. The van der Waals surface area contributed by atoms with Crippen LogP contribution in [0.15, 0.2) is 78.9 Å². The Kier molecular flexibility index (Phi) is 9.80. The number of halogens is 2. The molecule has 2 saturated heterocycles. The van der Waals surface area contributed by atoms with Crippen LogP contribution in [0.4, 0.5) is 15.8 Å². The van der Waals surface area contributed by atoms with E-state index < -0.39 is 40.7 Å². The molecule has 0 spiro atoms. The van der Waals surface area contributed by atoms with E-state index in [2.05, 4.69) is 5.32 Å². The first-order valence-electron chi connectivity index (χ1n) is 13.6. The first-order valence-corrected chi connectivity index (χ1v) is 14.0. The zero-order valence-electron chi connectivity index (χ0n) is 23.1. The molecular weight excluding hydrogens is 581 g/mol. The lowest BCUT2D eigenvalue weighted by Crippen LogP contribution is -2.61. The smallest absolute Gasteiger partial charge is 0.345 e. The number of rotatable bonds is 6. The third kappa shape index (κ3) is 7.02. The van der Waals surface area contributed by atoms with Crippen molar-refractivity contribution < 1.29 is 38.9 Å². The number of carbonyl (C=O) groups excluding carboxylic acids is 3. The number of nitrogens with zero attached hydrogens (tertiary/aromatic N) is 2. The molecule has 4 N–H and O–H groups in total. The Labute approximate surface area is 252 Å².